The van der Waals surface area contributed by atoms with E-state index in [1.54, 1.807) is 107 Å². The van der Waals surface area contributed by atoms with Crippen LogP contribution in [0.2, 0.25) is 0 Å². The van der Waals surface area contributed by atoms with Crippen molar-refractivity contribution in [3.63, 3.8) is 0 Å². The first-order valence-corrected chi connectivity index (χ1v) is 45.5. The smallest absolute Gasteiger partial charge is 0.200 e. The lowest BCUT2D eigenvalue weighted by atomic mass is 9.83. The van der Waals surface area contributed by atoms with Gasteiger partial charge in [0.2, 0.25) is 5.75 Å². The van der Waals surface area contributed by atoms with Gasteiger partial charge in [-0.15, -0.1) is 0 Å². The Kier molecular flexibility index (Phi) is 51.9. The summed E-state index contributed by atoms with van der Waals surface area (Å²) in [4.78, 5) is 99.6. The van der Waals surface area contributed by atoms with Gasteiger partial charge >= 0.3 is 0 Å². The third-order valence-electron chi connectivity index (χ3n) is 23.2. The highest BCUT2D eigenvalue weighted by Crippen LogP contribution is 2.40. The van der Waals surface area contributed by atoms with Gasteiger partial charge in [-0.2, -0.15) is 0 Å². The van der Waals surface area contributed by atoms with E-state index in [1.807, 2.05) is 44.2 Å². The van der Waals surface area contributed by atoms with Gasteiger partial charge in [0.15, 0.2) is 52.4 Å². The summed E-state index contributed by atoms with van der Waals surface area (Å²) in [6.07, 6.45) is 32.4. The number of carbonyl (C=O) groups is 9. The number of fused-ring (bicyclic) bond motifs is 2. The fourth-order valence-corrected chi connectivity index (χ4v) is 15.0. The first-order valence-electron chi connectivity index (χ1n) is 45.5. The van der Waals surface area contributed by atoms with E-state index >= 15 is 0 Å². The number of methoxy groups -OCH3 is 3. The minimum Gasteiger partial charge on any atom is -0.507 e. The van der Waals surface area contributed by atoms with Crippen LogP contribution in [0, 0.1) is 70.1 Å². The molecule has 8 aromatic rings. The van der Waals surface area contributed by atoms with Gasteiger partial charge in [0.25, 0.3) is 0 Å². The number of para-hydroxylation sites is 1. The van der Waals surface area contributed by atoms with E-state index in [2.05, 4.69) is 89.2 Å². The average molecular weight is 1770 g/mol. The second-order valence-corrected chi connectivity index (χ2v) is 35.0. The molecule has 10 rings (SSSR count). The summed E-state index contributed by atoms with van der Waals surface area (Å²) >= 11 is 0. The Morgan fingerprint density at radius 2 is 0.806 bits per heavy atom. The lowest BCUT2D eigenvalue weighted by Gasteiger charge is -2.23. The Hall–Kier alpha value is -11.8. The van der Waals surface area contributed by atoms with Crippen LogP contribution in [0.4, 0.5) is 0 Å². The summed E-state index contributed by atoms with van der Waals surface area (Å²) in [7, 11) is 4.25. The van der Waals surface area contributed by atoms with E-state index in [4.69, 9.17) is 29.2 Å². The maximum atomic E-state index is 12.9. The number of benzene rings is 8. The van der Waals surface area contributed by atoms with Gasteiger partial charge < -0.3 is 44.5 Å². The highest BCUT2D eigenvalue weighted by molar-refractivity contribution is 6.27. The molecular formula is C111H146O18. The largest absolute Gasteiger partial charge is 0.507 e. The van der Waals surface area contributed by atoms with Crippen molar-refractivity contribution >= 4 is 54.6 Å². The molecular weight excluding hydrogens is 1620 g/mol. The molecule has 129 heavy (non-hydrogen) atoms. The SMILES string of the molecule is CC1=C(C/C=C(\C)CCC[C@H](C)CCC[C@H](C)CCCC(C)C)C(=O)c2ccccc2C1=O.CC1=CC(=O)c2ccccc2C1=O.CCc1c(C)c(O)c(C)c(C)c1O[C@H](C)CCC[C@H](C)CCC[C@H](C)CCCC(C)C.COc1cc(C=O)cc(OC)c1O.COc1cc(C=O)ccc1O.Cc1cc(C=O)cc(C)c1O.O=Cc1ccccc1.O=Cc1ccccc1O. The summed E-state index contributed by atoms with van der Waals surface area (Å²) in [5, 5.41) is 47.1. The van der Waals surface area contributed by atoms with Crippen molar-refractivity contribution in [2.45, 2.75) is 259 Å². The molecule has 0 unspecified atom stereocenters. The van der Waals surface area contributed by atoms with E-state index in [9.17, 15) is 58.5 Å². The van der Waals surface area contributed by atoms with Gasteiger partial charge in [-0.05, 0) is 225 Å². The average Bonchev–Trinajstić information content (AvgIpc) is 0.796. The lowest BCUT2D eigenvalue weighted by Crippen LogP contribution is -2.20. The van der Waals surface area contributed by atoms with Crippen LogP contribution in [-0.4, -0.2) is 108 Å². The molecule has 0 saturated carbocycles. The van der Waals surface area contributed by atoms with Crippen molar-refractivity contribution in [1.29, 1.82) is 0 Å². The summed E-state index contributed by atoms with van der Waals surface area (Å²) in [5.41, 5.74) is 13.4. The van der Waals surface area contributed by atoms with E-state index in [-0.39, 0.29) is 63.7 Å². The molecule has 8 aromatic carbocycles. The number of rotatable bonds is 37. The number of carbonyl (C=O) groups excluding carboxylic acids is 9. The Balaban J connectivity index is 0.000000403. The minimum atomic E-state index is -0.101. The van der Waals surface area contributed by atoms with Crippen molar-refractivity contribution in [1.82, 2.24) is 0 Å². The molecule has 0 spiro atoms. The number of allylic oxidation sites excluding steroid dienone is 6. The quantitative estimate of drug-likeness (QED) is 0.0179. The molecule has 0 saturated heterocycles. The molecule has 18 heteroatoms. The molecule has 0 heterocycles. The van der Waals surface area contributed by atoms with E-state index < -0.39 is 0 Å². The van der Waals surface area contributed by atoms with Crippen LogP contribution in [0.1, 0.15) is 339 Å². The second kappa shape index (κ2) is 60.1. The number of phenols is 5. The van der Waals surface area contributed by atoms with Gasteiger partial charge in [0.1, 0.15) is 48.1 Å². The Morgan fingerprint density at radius 1 is 0.388 bits per heavy atom. The van der Waals surface area contributed by atoms with Gasteiger partial charge in [0.05, 0.1) is 33.0 Å². The summed E-state index contributed by atoms with van der Waals surface area (Å²) in [6.45, 7) is 38.5. The Labute approximate surface area is 769 Å². The number of aldehydes is 5. The van der Waals surface area contributed by atoms with Gasteiger partial charge in [0, 0.05) is 66.8 Å². The molecule has 5 atom stereocenters. The van der Waals surface area contributed by atoms with Crippen molar-refractivity contribution in [3.8, 4) is 51.7 Å². The molecule has 0 bridgehead atoms. The molecule has 2 aliphatic carbocycles. The first kappa shape index (κ1) is 111. The van der Waals surface area contributed by atoms with E-state index in [0.29, 0.717) is 98.0 Å². The van der Waals surface area contributed by atoms with Crippen LogP contribution < -0.4 is 18.9 Å². The fraction of sp³-hybridized carbons (Fsp3) is 0.432. The zero-order valence-electron chi connectivity index (χ0n) is 80.6. The number of ether oxygens (including phenoxy) is 4. The zero-order valence-corrected chi connectivity index (χ0v) is 80.6. The maximum Gasteiger partial charge on any atom is 0.200 e. The minimum absolute atomic E-state index is 0.00526. The van der Waals surface area contributed by atoms with Crippen molar-refractivity contribution in [2.75, 3.05) is 21.3 Å². The van der Waals surface area contributed by atoms with Crippen LogP contribution in [-0.2, 0) is 6.42 Å². The molecule has 698 valence electrons. The number of aromatic hydroxyl groups is 5. The summed E-state index contributed by atoms with van der Waals surface area (Å²) in [5.74, 6) is 7.33. The topological polar surface area (TPSA) is 292 Å². The molecule has 0 amide bonds. The molecule has 0 fully saturated rings. The maximum absolute atomic E-state index is 12.9. The predicted molar refractivity (Wildman–Crippen MR) is 521 cm³/mol. The molecule has 18 nitrogen and oxygen atoms in total. The molecule has 0 aromatic heterocycles. The third kappa shape index (κ3) is 39.0. The van der Waals surface area contributed by atoms with Crippen molar-refractivity contribution < 1.29 is 87.6 Å². The van der Waals surface area contributed by atoms with Crippen molar-refractivity contribution in [2.24, 2.45) is 35.5 Å². The lowest BCUT2D eigenvalue weighted by molar-refractivity contribution is 0.0973. The second-order valence-electron chi connectivity index (χ2n) is 35.0. The zero-order chi connectivity index (χ0) is 96.4. The standard InChI is InChI=1S/C31H46O2.C29H52O2.C11H8O2.C9H10O4.C9H10O2.C8H8O3.C7H6O2.C7H6O/c1-22(2)12-9-13-23(3)14-10-15-24(4)16-11-17-25(5)20-21-27-26(6)30(32)28-18-7-8-19-29(28)31(27)33;1-10-27-26(9)28(30)24(7)25(8)29(27)31-23(6)19-13-18-22(5)17-12-16-21(4)15-11-14-20(2)3;1-7-6-10(12)8-4-2-3-5-9(8)11(7)13;1-12-7-3-6(5-10)4-8(13-2)9(7)11;1-6-3-8(5-10)4-7(2)9(6)11;1-11-8-4-6(5-9)2-3-7(8)10;8-5-6-3-1-2-4-7(6)9;8-6-7-4-2-1-3-5-7/h7-8,18-20,22-24H,9-17,21H2,1-6H3;20-23,30H,10-19H2,1-9H3;2-6H,1H3;3-5,11H,1-2H3;3-5,11H,1-2H3;2-5,10H,1H3;1-5,9H;1-6H/b25-20+;;;;;;;/t23-,24-;21-,22-,23-;;;;;;/m11....../s1. The van der Waals surface area contributed by atoms with E-state index in [0.717, 1.165) is 112 Å². The van der Waals surface area contributed by atoms with Gasteiger partial charge in [-0.25, -0.2) is 0 Å². The van der Waals surface area contributed by atoms with Crippen LogP contribution in [0.5, 0.6) is 51.7 Å². The van der Waals surface area contributed by atoms with Crippen LogP contribution in [0.3, 0.4) is 0 Å². The highest BCUT2D eigenvalue weighted by atomic mass is 16.5. The summed E-state index contributed by atoms with van der Waals surface area (Å²) < 4.78 is 20.9. The van der Waals surface area contributed by atoms with E-state index in [1.165, 1.54) is 172 Å². The monoisotopic (exact) mass is 1770 g/mol. The number of phenolic OH excluding ortho intramolecular Hbond substituents is 5. The van der Waals surface area contributed by atoms with Crippen molar-refractivity contribution in [3.05, 3.63) is 263 Å². The number of ketones is 4. The van der Waals surface area contributed by atoms with Crippen LogP contribution in [0.15, 0.2) is 180 Å². The highest BCUT2D eigenvalue weighted by Gasteiger charge is 2.29. The van der Waals surface area contributed by atoms with Crippen LogP contribution >= 0.6 is 0 Å². The van der Waals surface area contributed by atoms with Crippen LogP contribution in [0.25, 0.3) is 0 Å². The van der Waals surface area contributed by atoms with Gasteiger partial charge in [-0.1, -0.05) is 255 Å². The Bertz CT molecular complexity index is 4930. The third-order valence-corrected chi connectivity index (χ3v) is 23.2. The molecule has 0 radical (unpaired) electrons. The number of Topliss-reactive ketones (excluding diaryl/α,β-unsaturated/α-hetero) is 3. The molecule has 0 aliphatic heterocycles. The number of hydrogen-bond donors (Lipinski definition) is 5. The fourth-order valence-electron chi connectivity index (χ4n) is 15.0. The number of hydrogen-bond acceptors (Lipinski definition) is 18. The molecule has 5 N–H and O–H groups in total. The normalized spacial score (nSPS) is 13.0. The first-order chi connectivity index (χ1) is 61.4. The molecule has 2 aliphatic rings. The summed E-state index contributed by atoms with van der Waals surface area (Å²) in [6, 6.07) is 40.2. The Morgan fingerprint density at radius 3 is 1.25 bits per heavy atom. The predicted octanol–water partition coefficient (Wildman–Crippen LogP) is 27.2. The van der Waals surface area contributed by atoms with Gasteiger partial charge in [-0.3, -0.25) is 43.2 Å². The number of aryl methyl sites for hydroxylation is 2.